The molecule has 2 aromatic carbocycles. The van der Waals surface area contributed by atoms with Crippen LogP contribution in [0.5, 0.6) is 0 Å². The monoisotopic (exact) mass is 584 g/mol. The molecule has 180 valence electrons. The van der Waals surface area contributed by atoms with Gasteiger partial charge in [0.2, 0.25) is 0 Å². The van der Waals surface area contributed by atoms with E-state index < -0.39 is 16.6 Å². The molecule has 0 N–H and O–H groups in total. The molecule has 4 aliphatic rings. The van der Waals surface area contributed by atoms with Crippen LogP contribution in [0.25, 0.3) is 11.1 Å². The molecule has 2 unspecified atom stereocenters. The van der Waals surface area contributed by atoms with Gasteiger partial charge in [-0.2, -0.15) is 0 Å². The van der Waals surface area contributed by atoms with E-state index in [0.717, 1.165) is 8.45 Å². The fraction of sp³-hybridized carbons (Fsp3) is 0.448. The maximum atomic E-state index is 2.59. The van der Waals surface area contributed by atoms with Crippen LogP contribution in [0.3, 0.4) is 0 Å². The normalized spacial score (nSPS) is 22.0. The predicted molar refractivity (Wildman–Crippen MR) is 127 cm³/mol. The first-order chi connectivity index (χ1) is 14.9. The Morgan fingerprint density at radius 2 is 1.15 bits per heavy atom. The van der Waals surface area contributed by atoms with Gasteiger partial charge in [0.15, 0.2) is 0 Å². The van der Waals surface area contributed by atoms with E-state index in [2.05, 4.69) is 84.7 Å². The number of hydrogen-bond donors (Lipinski definition) is 0. The van der Waals surface area contributed by atoms with Gasteiger partial charge < -0.3 is 37.2 Å². The van der Waals surface area contributed by atoms with Crippen molar-refractivity contribution in [2.75, 3.05) is 0 Å². The van der Waals surface area contributed by atoms with Crippen molar-refractivity contribution in [1.29, 1.82) is 0 Å². The van der Waals surface area contributed by atoms with Crippen molar-refractivity contribution in [2.45, 2.75) is 75.5 Å². The van der Waals surface area contributed by atoms with Crippen molar-refractivity contribution in [2.24, 2.45) is 0 Å². The Kier molecular flexibility index (Phi) is 11.3. The molecule has 4 aliphatic carbocycles. The van der Waals surface area contributed by atoms with Crippen LogP contribution in [0.2, 0.25) is 24.1 Å². The molecule has 5 heteroatoms. The summed E-state index contributed by atoms with van der Waals surface area (Å²) in [4.78, 5) is 0. The van der Waals surface area contributed by atoms with E-state index in [1.165, 1.54) is 51.4 Å². The number of halogens is 3. The number of fused-ring (bicyclic) bond motifs is 4. The summed E-state index contributed by atoms with van der Waals surface area (Å²) in [6, 6.07) is 18.0. The van der Waals surface area contributed by atoms with Crippen LogP contribution in [0.1, 0.15) is 60.8 Å². The topological polar surface area (TPSA) is 0 Å². The molecular formula is C29H35Cl3Ti2. The Bertz CT molecular complexity index is 1070. The van der Waals surface area contributed by atoms with Gasteiger partial charge in [0.05, 0.1) is 0 Å². The van der Waals surface area contributed by atoms with Gasteiger partial charge in [-0.25, -0.2) is 0 Å². The van der Waals surface area contributed by atoms with Crippen LogP contribution in [0, 0.1) is 0 Å². The van der Waals surface area contributed by atoms with Crippen LogP contribution >= 0.6 is 0 Å². The first kappa shape index (κ1) is 30.4. The van der Waals surface area contributed by atoms with Gasteiger partial charge in [-0.1, -0.05) is 0 Å². The van der Waals surface area contributed by atoms with E-state index in [0.29, 0.717) is 0 Å². The van der Waals surface area contributed by atoms with E-state index >= 15 is 0 Å². The number of allylic oxidation sites excluding steroid dienone is 4. The first-order valence-corrected chi connectivity index (χ1v) is 18.7. The first-order valence-electron chi connectivity index (χ1n) is 12.2. The van der Waals surface area contributed by atoms with Crippen molar-refractivity contribution in [3.8, 4) is 0 Å². The number of hydrogen-bond acceptors (Lipinski definition) is 0. The molecule has 0 radical (unpaired) electrons. The molecule has 0 spiro atoms. The van der Waals surface area contributed by atoms with Gasteiger partial charge in [0.1, 0.15) is 0 Å². The Hall–Kier alpha value is 0.219. The summed E-state index contributed by atoms with van der Waals surface area (Å²) in [6.45, 7) is 0. The Labute approximate surface area is 240 Å². The third-order valence-corrected chi connectivity index (χ3v) is 13.2. The summed E-state index contributed by atoms with van der Waals surface area (Å²) in [5.74, 6) is 0. The zero-order valence-corrected chi connectivity index (χ0v) is 26.0. The van der Waals surface area contributed by atoms with E-state index in [4.69, 9.17) is 0 Å². The zero-order valence-electron chi connectivity index (χ0n) is 20.6. The van der Waals surface area contributed by atoms with E-state index in [1.807, 2.05) is 5.57 Å². The molecule has 0 fully saturated rings. The molecule has 0 aliphatic heterocycles. The molecule has 0 bridgehead atoms. The van der Waals surface area contributed by atoms with Gasteiger partial charge in [0, 0.05) is 0 Å². The molecule has 0 saturated carbocycles. The fourth-order valence-corrected chi connectivity index (χ4v) is 10.9. The summed E-state index contributed by atoms with van der Waals surface area (Å²) in [7, 11) is 0. The third kappa shape index (κ3) is 6.02. The van der Waals surface area contributed by atoms with Crippen LogP contribution < -0.4 is 37.2 Å². The summed E-state index contributed by atoms with van der Waals surface area (Å²) < 4.78 is 1.80. The molecule has 0 heterocycles. The van der Waals surface area contributed by atoms with Crippen molar-refractivity contribution in [3.05, 3.63) is 81.9 Å². The molecule has 0 saturated heterocycles. The SMILES string of the molecule is [CH3][Ti]([CH3])([CH3])[CH]1CCCC2=C1Cc1ccccc12.[Cl-].[Cl-].[Cl-].[Ti+3][CH]1CCCC2=C1Cc1ccccc12. The van der Waals surface area contributed by atoms with E-state index in [1.54, 1.807) is 39.0 Å². The minimum atomic E-state index is -1.55. The van der Waals surface area contributed by atoms with E-state index in [-0.39, 0.29) is 37.2 Å². The molecule has 2 atom stereocenters. The molecule has 34 heavy (non-hydrogen) atoms. The van der Waals surface area contributed by atoms with Crippen molar-refractivity contribution in [1.82, 2.24) is 0 Å². The average Bonchev–Trinajstić information content (AvgIpc) is 3.33. The summed E-state index contributed by atoms with van der Waals surface area (Å²) >= 11 is 0.839. The molecule has 2 aromatic rings. The molecular weight excluding hydrogens is 550 g/mol. The molecule has 6 rings (SSSR count). The standard InChI is InChI=1S/2C13H13.3CH3.3ClH.2Ti/c2*1-3-7-12-10(5-1)9-11-6-2-4-8-13(11)12;;;;;;;;/h2*1,3,5-7H,2,4,8-9H2;3*1H3;3*1H;;/q;;;;;;;;;+3/p-3. The number of rotatable bonds is 1. The van der Waals surface area contributed by atoms with Gasteiger partial charge in [-0.05, 0) is 0 Å². The fourth-order valence-electron chi connectivity index (χ4n) is 6.43. The summed E-state index contributed by atoms with van der Waals surface area (Å²) in [5.41, 5.74) is 13.3. The van der Waals surface area contributed by atoms with Crippen molar-refractivity contribution >= 4 is 11.1 Å². The van der Waals surface area contributed by atoms with Gasteiger partial charge in [-0.15, -0.1) is 0 Å². The van der Waals surface area contributed by atoms with Crippen molar-refractivity contribution in [3.63, 3.8) is 0 Å². The Morgan fingerprint density at radius 1 is 0.676 bits per heavy atom. The van der Waals surface area contributed by atoms with Gasteiger partial charge in [0.25, 0.3) is 0 Å². The van der Waals surface area contributed by atoms with Gasteiger partial charge >= 0.3 is 206 Å². The Balaban J connectivity index is 0.000000224. The Morgan fingerprint density at radius 3 is 1.71 bits per heavy atom. The average molecular weight is 586 g/mol. The predicted octanol–water partition coefficient (Wildman–Crippen LogP) is -0.206. The second kappa shape index (κ2) is 12.6. The van der Waals surface area contributed by atoms with Crippen molar-refractivity contribution < 1.29 is 74.2 Å². The maximum absolute atomic E-state index is 2.59. The second-order valence-electron chi connectivity index (χ2n) is 10.9. The van der Waals surface area contributed by atoms with E-state index in [9.17, 15) is 0 Å². The summed E-state index contributed by atoms with van der Waals surface area (Å²) in [6.07, 6.45) is 10.8. The zero-order chi connectivity index (χ0) is 21.6. The van der Waals surface area contributed by atoms with Gasteiger partial charge in [-0.3, -0.25) is 0 Å². The third-order valence-electron chi connectivity index (χ3n) is 7.95. The molecule has 0 aromatic heterocycles. The minimum absolute atomic E-state index is 0. The second-order valence-corrected chi connectivity index (χ2v) is 20.5. The summed E-state index contributed by atoms with van der Waals surface area (Å²) in [5, 5.41) is 7.76. The van der Waals surface area contributed by atoms with Crippen LogP contribution in [-0.4, -0.2) is 0 Å². The number of benzene rings is 2. The molecule has 0 amide bonds. The quantitative estimate of drug-likeness (QED) is 0.407. The van der Waals surface area contributed by atoms with Crippen LogP contribution in [0.4, 0.5) is 0 Å². The van der Waals surface area contributed by atoms with Crippen LogP contribution in [-0.2, 0) is 49.9 Å². The molecule has 0 nitrogen and oxygen atoms in total. The van der Waals surface area contributed by atoms with Crippen LogP contribution in [0.15, 0.2) is 59.7 Å².